The van der Waals surface area contributed by atoms with Crippen LogP contribution in [0, 0.1) is 0 Å². The molecule has 0 unspecified atom stereocenters. The van der Waals surface area contributed by atoms with Crippen LogP contribution in [-0.4, -0.2) is 28.1 Å². The van der Waals surface area contributed by atoms with Gasteiger partial charge in [0.25, 0.3) is 0 Å². The standard InChI is InChI=1S/C13H14F5N3O2S/c1-8(2)12-11(13(22)23-3)19-20-21(12)9-4-6-10(7-5-9)24(14,15,16,17)18/h4-8H,1-3H3. The molecule has 0 N–H and O–H groups in total. The lowest BCUT2D eigenvalue weighted by atomic mass is 10.1. The third-order valence-corrected chi connectivity index (χ3v) is 4.32. The number of hydrogen-bond donors (Lipinski definition) is 0. The van der Waals surface area contributed by atoms with Gasteiger partial charge >= 0.3 is 16.2 Å². The van der Waals surface area contributed by atoms with Crippen LogP contribution in [0.1, 0.15) is 35.9 Å². The summed E-state index contributed by atoms with van der Waals surface area (Å²) in [5, 5.41) is 7.37. The first-order valence-electron chi connectivity index (χ1n) is 6.63. The van der Waals surface area contributed by atoms with Crippen molar-refractivity contribution in [2.75, 3.05) is 7.11 Å². The van der Waals surface area contributed by atoms with Crippen molar-refractivity contribution in [1.29, 1.82) is 0 Å². The molecule has 134 valence electrons. The number of carbonyl (C=O) groups excluding carboxylic acids is 1. The molecule has 0 amide bonds. The van der Waals surface area contributed by atoms with Gasteiger partial charge < -0.3 is 4.74 Å². The van der Waals surface area contributed by atoms with Gasteiger partial charge in [-0.15, -0.1) is 5.10 Å². The molecule has 0 bridgehead atoms. The van der Waals surface area contributed by atoms with Crippen molar-refractivity contribution >= 4 is 16.2 Å². The van der Waals surface area contributed by atoms with E-state index in [9.17, 15) is 24.2 Å². The van der Waals surface area contributed by atoms with Gasteiger partial charge in [0.2, 0.25) is 0 Å². The van der Waals surface area contributed by atoms with Crippen molar-refractivity contribution < 1.29 is 29.0 Å². The van der Waals surface area contributed by atoms with Crippen molar-refractivity contribution in [2.45, 2.75) is 24.7 Å². The van der Waals surface area contributed by atoms with Crippen LogP contribution in [0.2, 0.25) is 0 Å². The van der Waals surface area contributed by atoms with Crippen LogP contribution in [0.15, 0.2) is 29.2 Å². The summed E-state index contributed by atoms with van der Waals surface area (Å²) in [6.45, 7) is 3.43. The van der Waals surface area contributed by atoms with E-state index >= 15 is 0 Å². The molecule has 11 heteroatoms. The highest BCUT2D eigenvalue weighted by Gasteiger charge is 2.65. The Balaban J connectivity index is 2.55. The van der Waals surface area contributed by atoms with Gasteiger partial charge in [-0.25, -0.2) is 9.48 Å². The molecule has 1 heterocycles. The number of hydrogen-bond acceptors (Lipinski definition) is 4. The van der Waals surface area contributed by atoms with Gasteiger partial charge in [0.15, 0.2) is 5.69 Å². The quantitative estimate of drug-likeness (QED) is 0.570. The average molecular weight is 371 g/mol. The first kappa shape index (κ1) is 18.2. The highest BCUT2D eigenvalue weighted by Crippen LogP contribution is 3.02. The number of methoxy groups -OCH3 is 1. The van der Waals surface area contributed by atoms with Gasteiger partial charge in [-0.2, -0.15) is 0 Å². The molecule has 0 saturated heterocycles. The van der Waals surface area contributed by atoms with Crippen molar-refractivity contribution in [3.8, 4) is 5.69 Å². The van der Waals surface area contributed by atoms with E-state index in [0.717, 1.165) is 23.9 Å². The fourth-order valence-electron chi connectivity index (χ4n) is 2.08. The molecule has 0 saturated carbocycles. The molecule has 0 fully saturated rings. The Bertz CT molecular complexity index is 785. The molecule has 0 radical (unpaired) electrons. The summed E-state index contributed by atoms with van der Waals surface area (Å²) >= 11 is 0. The SMILES string of the molecule is COC(=O)c1nnn(-c2ccc(S(F)(F)(F)(F)F)cc2)c1C(C)C. The second-order valence-electron chi connectivity index (χ2n) is 5.34. The first-order chi connectivity index (χ1) is 10.7. The van der Waals surface area contributed by atoms with E-state index in [2.05, 4.69) is 15.0 Å². The Morgan fingerprint density at radius 2 is 1.67 bits per heavy atom. The summed E-state index contributed by atoms with van der Waals surface area (Å²) in [6, 6.07) is 2.24. The third kappa shape index (κ3) is 3.50. The zero-order valence-electron chi connectivity index (χ0n) is 12.8. The molecule has 0 aliphatic carbocycles. The number of carbonyl (C=O) groups is 1. The summed E-state index contributed by atoms with van der Waals surface area (Å²) < 4.78 is 69.4. The Hall–Kier alpha value is -2.17. The minimum Gasteiger partial charge on any atom is -0.464 e. The molecule has 0 spiro atoms. The van der Waals surface area contributed by atoms with Crippen LogP contribution in [-0.2, 0) is 4.74 Å². The second kappa shape index (κ2) is 4.91. The molecule has 1 aromatic carbocycles. The minimum atomic E-state index is -9.74. The van der Waals surface area contributed by atoms with Crippen molar-refractivity contribution in [3.63, 3.8) is 0 Å². The monoisotopic (exact) mass is 371 g/mol. The normalized spacial score (nSPS) is 15.0. The van der Waals surface area contributed by atoms with Crippen LogP contribution in [0.25, 0.3) is 5.69 Å². The summed E-state index contributed by atoms with van der Waals surface area (Å²) in [5.41, 5.74) is 0.262. The number of aromatic nitrogens is 3. The predicted octanol–water partition coefficient (Wildman–Crippen LogP) is 4.83. The van der Waals surface area contributed by atoms with Crippen molar-refractivity contribution in [2.24, 2.45) is 0 Å². The van der Waals surface area contributed by atoms with Gasteiger partial charge in [0, 0.05) is 0 Å². The lowest BCUT2D eigenvalue weighted by Crippen LogP contribution is -2.10. The van der Waals surface area contributed by atoms with E-state index in [1.807, 2.05) is 0 Å². The lowest BCUT2D eigenvalue weighted by Gasteiger charge is -2.40. The van der Waals surface area contributed by atoms with E-state index in [1.54, 1.807) is 13.8 Å². The summed E-state index contributed by atoms with van der Waals surface area (Å²) in [7, 11) is -8.59. The van der Waals surface area contributed by atoms with E-state index in [4.69, 9.17) is 0 Å². The number of esters is 1. The zero-order valence-corrected chi connectivity index (χ0v) is 13.7. The number of rotatable bonds is 4. The molecular weight excluding hydrogens is 357 g/mol. The highest BCUT2D eigenvalue weighted by molar-refractivity contribution is 8.45. The maximum absolute atomic E-state index is 12.7. The van der Waals surface area contributed by atoms with E-state index < -0.39 is 21.1 Å². The molecule has 0 aliphatic heterocycles. The van der Waals surface area contributed by atoms with Crippen LogP contribution in [0.4, 0.5) is 19.4 Å². The Morgan fingerprint density at radius 1 is 1.12 bits per heavy atom. The smallest absolute Gasteiger partial charge is 0.360 e. The van der Waals surface area contributed by atoms with Crippen LogP contribution >= 0.6 is 10.2 Å². The predicted molar refractivity (Wildman–Crippen MR) is 78.2 cm³/mol. The van der Waals surface area contributed by atoms with Crippen LogP contribution < -0.4 is 0 Å². The molecule has 5 nitrogen and oxygen atoms in total. The summed E-state index contributed by atoms with van der Waals surface area (Å²) in [5.74, 6) is -1.03. The van der Waals surface area contributed by atoms with Gasteiger partial charge in [0.1, 0.15) is 4.90 Å². The highest BCUT2D eigenvalue weighted by atomic mass is 32.5. The summed E-state index contributed by atoms with van der Waals surface area (Å²) in [6.07, 6.45) is 0. The Kier molecular flexibility index (Phi) is 3.72. The van der Waals surface area contributed by atoms with Gasteiger partial charge in [-0.1, -0.05) is 38.5 Å². The summed E-state index contributed by atoms with van der Waals surface area (Å²) in [4.78, 5) is 9.67. The fourth-order valence-corrected chi connectivity index (χ4v) is 2.73. The Morgan fingerprint density at radius 3 is 2.08 bits per heavy atom. The first-order valence-corrected chi connectivity index (χ1v) is 8.58. The zero-order chi connectivity index (χ0) is 18.4. The Labute approximate surface area is 134 Å². The molecule has 1 aromatic heterocycles. The second-order valence-corrected chi connectivity index (χ2v) is 7.75. The largest absolute Gasteiger partial charge is 0.464 e. The molecular formula is C13H14F5N3O2S. The molecule has 24 heavy (non-hydrogen) atoms. The van der Waals surface area contributed by atoms with E-state index in [-0.39, 0.29) is 29.4 Å². The maximum atomic E-state index is 12.7. The number of nitrogens with zero attached hydrogens (tertiary/aromatic N) is 3. The average Bonchev–Trinajstić information content (AvgIpc) is 2.89. The molecule has 2 rings (SSSR count). The van der Waals surface area contributed by atoms with E-state index in [1.165, 1.54) is 0 Å². The number of ether oxygens (including phenoxy) is 1. The van der Waals surface area contributed by atoms with Crippen molar-refractivity contribution in [1.82, 2.24) is 15.0 Å². The minimum absolute atomic E-state index is 0.0620. The molecule has 2 aromatic rings. The maximum Gasteiger partial charge on any atom is 0.360 e. The van der Waals surface area contributed by atoms with E-state index in [0.29, 0.717) is 5.69 Å². The lowest BCUT2D eigenvalue weighted by molar-refractivity contribution is 0.0592. The topological polar surface area (TPSA) is 57.0 Å². The molecule has 0 aliphatic rings. The fraction of sp³-hybridized carbons (Fsp3) is 0.308. The van der Waals surface area contributed by atoms with Gasteiger partial charge in [-0.05, 0) is 30.2 Å². The van der Waals surface area contributed by atoms with Crippen LogP contribution in [0.3, 0.4) is 0 Å². The van der Waals surface area contributed by atoms with Crippen molar-refractivity contribution in [3.05, 3.63) is 35.7 Å². The third-order valence-electron chi connectivity index (χ3n) is 3.16. The number of benzene rings is 1. The van der Waals surface area contributed by atoms with Gasteiger partial charge in [0.05, 0.1) is 18.5 Å². The van der Waals surface area contributed by atoms with Crippen LogP contribution in [0.5, 0.6) is 0 Å². The number of halogens is 5. The van der Waals surface area contributed by atoms with Gasteiger partial charge in [-0.3, -0.25) is 0 Å². The molecule has 0 atom stereocenters.